The van der Waals surface area contributed by atoms with Gasteiger partial charge in [0.25, 0.3) is 0 Å². The number of carboxylic acids is 1. The molecule has 0 fully saturated rings. The lowest BCUT2D eigenvalue weighted by molar-refractivity contribution is -0.136. The molecule has 0 radical (unpaired) electrons. The number of ether oxygens (including phenoxy) is 2. The van der Waals surface area contributed by atoms with E-state index in [9.17, 15) is 9.00 Å². The number of hydrogen-bond donors (Lipinski definition) is 1. The second-order valence-corrected chi connectivity index (χ2v) is 5.42. The first-order valence-corrected chi connectivity index (χ1v) is 6.98. The molecule has 1 aliphatic rings. The molecule has 2 rings (SSSR count). The maximum atomic E-state index is 11.9. The molecule has 0 saturated carbocycles. The molecule has 1 atom stereocenters. The molecule has 1 heterocycles. The molecule has 0 saturated heterocycles. The van der Waals surface area contributed by atoms with E-state index in [-0.39, 0.29) is 12.2 Å². The molecule has 0 bridgehead atoms. The minimum atomic E-state index is -1.32. The number of aliphatic carboxylic acids is 1. The lowest BCUT2D eigenvalue weighted by Gasteiger charge is -2.08. The number of fused-ring (bicyclic) bond motifs is 1. The van der Waals surface area contributed by atoms with Crippen LogP contribution in [-0.4, -0.2) is 34.3 Å². The highest BCUT2D eigenvalue weighted by molar-refractivity contribution is 7.85. The molecule has 0 amide bonds. The van der Waals surface area contributed by atoms with Gasteiger partial charge in [0.1, 0.15) is 0 Å². The molecule has 18 heavy (non-hydrogen) atoms. The van der Waals surface area contributed by atoms with E-state index < -0.39 is 16.8 Å². The van der Waals surface area contributed by atoms with Crippen molar-refractivity contribution in [2.75, 3.05) is 19.0 Å². The summed E-state index contributed by atoms with van der Waals surface area (Å²) in [4.78, 5) is 11.0. The maximum absolute atomic E-state index is 11.9. The molecule has 0 aromatic heterocycles. The average molecular weight is 270 g/mol. The van der Waals surface area contributed by atoms with Crippen LogP contribution in [-0.2, 0) is 15.6 Å². The molecule has 5 nitrogen and oxygen atoms in total. The van der Waals surface area contributed by atoms with E-state index in [2.05, 4.69) is 0 Å². The van der Waals surface area contributed by atoms with Crippen LogP contribution in [0.5, 0.6) is 11.5 Å². The van der Waals surface area contributed by atoms with Crippen LogP contribution in [0, 0.1) is 0 Å². The standard InChI is InChI=1S/C12H14O5S/c13-12(14)4-7-18(15)9-2-3-10-11(8-9)17-6-1-5-16-10/h2-3,8H,1,4-7H2,(H,13,14)/t18-/m0/s1. The number of hydrogen-bond acceptors (Lipinski definition) is 4. The van der Waals surface area contributed by atoms with Crippen LogP contribution in [0.2, 0.25) is 0 Å². The monoisotopic (exact) mass is 270 g/mol. The van der Waals surface area contributed by atoms with E-state index in [4.69, 9.17) is 14.6 Å². The summed E-state index contributed by atoms with van der Waals surface area (Å²) in [5, 5.41) is 8.56. The quantitative estimate of drug-likeness (QED) is 0.896. The Hall–Kier alpha value is -1.56. The SMILES string of the molecule is O=C(O)CC[S@](=O)c1ccc2c(c1)OCCCO2. The van der Waals surface area contributed by atoms with Crippen molar-refractivity contribution in [2.24, 2.45) is 0 Å². The lowest BCUT2D eigenvalue weighted by Crippen LogP contribution is -2.05. The molecule has 0 aliphatic carbocycles. The van der Waals surface area contributed by atoms with Crippen molar-refractivity contribution in [3.8, 4) is 11.5 Å². The van der Waals surface area contributed by atoms with Gasteiger partial charge in [-0.2, -0.15) is 0 Å². The second-order valence-electron chi connectivity index (χ2n) is 3.85. The Kier molecular flexibility index (Phi) is 4.19. The van der Waals surface area contributed by atoms with Crippen molar-refractivity contribution in [1.29, 1.82) is 0 Å². The number of carboxylic acid groups (broad SMARTS) is 1. The fourth-order valence-corrected chi connectivity index (χ4v) is 2.64. The fourth-order valence-electron chi connectivity index (χ4n) is 1.58. The summed E-state index contributed by atoms with van der Waals surface area (Å²) in [7, 11) is -1.32. The summed E-state index contributed by atoms with van der Waals surface area (Å²) in [6.45, 7) is 1.17. The van der Waals surface area contributed by atoms with Crippen LogP contribution in [0.4, 0.5) is 0 Å². The number of carbonyl (C=O) groups is 1. The molecular weight excluding hydrogens is 256 g/mol. The molecule has 0 unspecified atom stereocenters. The smallest absolute Gasteiger partial charge is 0.304 e. The highest BCUT2D eigenvalue weighted by Gasteiger charge is 2.14. The van der Waals surface area contributed by atoms with Crippen LogP contribution in [0.1, 0.15) is 12.8 Å². The summed E-state index contributed by atoms with van der Waals surface area (Å²) in [5.74, 6) is 0.382. The molecule has 6 heteroatoms. The molecular formula is C12H14O5S. The van der Waals surface area contributed by atoms with Gasteiger partial charge in [-0.15, -0.1) is 0 Å². The van der Waals surface area contributed by atoms with E-state index in [1.807, 2.05) is 0 Å². The summed E-state index contributed by atoms with van der Waals surface area (Å²) in [5.41, 5.74) is 0. The van der Waals surface area contributed by atoms with E-state index in [1.165, 1.54) is 0 Å². The fraction of sp³-hybridized carbons (Fsp3) is 0.417. The predicted octanol–water partition coefficient (Wildman–Crippen LogP) is 1.43. The Balaban J connectivity index is 2.12. The predicted molar refractivity (Wildman–Crippen MR) is 65.6 cm³/mol. The van der Waals surface area contributed by atoms with E-state index >= 15 is 0 Å². The Labute approximate surface area is 107 Å². The average Bonchev–Trinajstić information content (AvgIpc) is 2.60. The lowest BCUT2D eigenvalue weighted by atomic mass is 10.3. The Bertz CT molecular complexity index is 472. The Morgan fingerprint density at radius 2 is 2.00 bits per heavy atom. The van der Waals surface area contributed by atoms with E-state index in [1.54, 1.807) is 18.2 Å². The number of rotatable bonds is 4. The van der Waals surface area contributed by atoms with Gasteiger partial charge >= 0.3 is 5.97 Å². The van der Waals surface area contributed by atoms with E-state index in [0.717, 1.165) is 6.42 Å². The zero-order valence-electron chi connectivity index (χ0n) is 9.76. The van der Waals surface area contributed by atoms with Crippen molar-refractivity contribution < 1.29 is 23.6 Å². The zero-order valence-corrected chi connectivity index (χ0v) is 10.6. The summed E-state index contributed by atoms with van der Waals surface area (Å²) >= 11 is 0. The van der Waals surface area contributed by atoms with Gasteiger partial charge in [-0.3, -0.25) is 9.00 Å². The van der Waals surface area contributed by atoms with Gasteiger partial charge in [0, 0.05) is 23.1 Å². The van der Waals surface area contributed by atoms with Crippen LogP contribution < -0.4 is 9.47 Å². The first-order chi connectivity index (χ1) is 8.66. The summed E-state index contributed by atoms with van der Waals surface area (Å²) < 4.78 is 22.8. The summed E-state index contributed by atoms with van der Waals surface area (Å²) in [6, 6.07) is 5.07. The van der Waals surface area contributed by atoms with Crippen LogP contribution in [0.25, 0.3) is 0 Å². The highest BCUT2D eigenvalue weighted by atomic mass is 32.2. The van der Waals surface area contributed by atoms with Gasteiger partial charge in [-0.25, -0.2) is 0 Å². The first kappa shape index (κ1) is 12.9. The largest absolute Gasteiger partial charge is 0.490 e. The van der Waals surface area contributed by atoms with Gasteiger partial charge in [0.05, 0.1) is 30.4 Å². The molecule has 98 valence electrons. The Morgan fingerprint density at radius 1 is 1.28 bits per heavy atom. The normalized spacial score (nSPS) is 15.8. The van der Waals surface area contributed by atoms with Crippen LogP contribution in [0.15, 0.2) is 23.1 Å². The highest BCUT2D eigenvalue weighted by Crippen LogP contribution is 2.31. The Morgan fingerprint density at radius 3 is 2.72 bits per heavy atom. The topological polar surface area (TPSA) is 72.8 Å². The van der Waals surface area contributed by atoms with Crippen molar-refractivity contribution in [3.05, 3.63) is 18.2 Å². The first-order valence-electron chi connectivity index (χ1n) is 5.66. The van der Waals surface area contributed by atoms with Gasteiger partial charge in [-0.05, 0) is 12.1 Å². The maximum Gasteiger partial charge on any atom is 0.304 e. The van der Waals surface area contributed by atoms with Gasteiger partial charge in [0.15, 0.2) is 11.5 Å². The molecule has 1 aromatic carbocycles. The number of benzene rings is 1. The van der Waals surface area contributed by atoms with Crippen molar-refractivity contribution in [3.63, 3.8) is 0 Å². The third-order valence-electron chi connectivity index (χ3n) is 2.48. The van der Waals surface area contributed by atoms with Crippen LogP contribution >= 0.6 is 0 Å². The molecule has 0 spiro atoms. The summed E-state index contributed by atoms with van der Waals surface area (Å²) in [6.07, 6.45) is 0.702. The third-order valence-corrected chi connectivity index (χ3v) is 3.84. The molecule has 1 aromatic rings. The van der Waals surface area contributed by atoms with Crippen molar-refractivity contribution in [1.82, 2.24) is 0 Å². The second kappa shape index (κ2) is 5.86. The molecule has 1 aliphatic heterocycles. The van der Waals surface area contributed by atoms with Crippen molar-refractivity contribution in [2.45, 2.75) is 17.7 Å². The van der Waals surface area contributed by atoms with Crippen LogP contribution in [0.3, 0.4) is 0 Å². The minimum Gasteiger partial charge on any atom is -0.490 e. The zero-order chi connectivity index (χ0) is 13.0. The van der Waals surface area contributed by atoms with Gasteiger partial charge in [-0.1, -0.05) is 0 Å². The minimum absolute atomic E-state index is 0.106. The van der Waals surface area contributed by atoms with Gasteiger partial charge in [0.2, 0.25) is 0 Å². The third kappa shape index (κ3) is 3.22. The molecule has 1 N–H and O–H groups in total. The van der Waals surface area contributed by atoms with Gasteiger partial charge < -0.3 is 14.6 Å². The van der Waals surface area contributed by atoms with Crippen molar-refractivity contribution >= 4 is 16.8 Å². The van der Waals surface area contributed by atoms with E-state index in [0.29, 0.717) is 29.6 Å².